The number of fused-ring (bicyclic) bond motifs is 1. The van der Waals surface area contributed by atoms with E-state index in [1.54, 1.807) is 48.5 Å². The molecule has 0 atom stereocenters. The number of rotatable bonds is 7. The van der Waals surface area contributed by atoms with Crippen molar-refractivity contribution in [3.05, 3.63) is 87.5 Å². The minimum absolute atomic E-state index is 0.0794. The van der Waals surface area contributed by atoms with Crippen molar-refractivity contribution >= 4 is 52.2 Å². The quantitative estimate of drug-likeness (QED) is 0.385. The highest BCUT2D eigenvalue weighted by atomic mass is 35.5. The van der Waals surface area contributed by atoms with Gasteiger partial charge in [0, 0.05) is 17.3 Å². The van der Waals surface area contributed by atoms with E-state index in [1.165, 1.54) is 18.2 Å². The highest BCUT2D eigenvalue weighted by Gasteiger charge is 2.36. The number of nitrogens with one attached hydrogen (secondary N) is 1. The zero-order valence-electron chi connectivity index (χ0n) is 19.7. The number of benzene rings is 3. The number of nitrogens with zero attached hydrogens (tertiary/aromatic N) is 1. The minimum Gasteiger partial charge on any atom is -0.489 e. The Bertz CT molecular complexity index is 1440. The summed E-state index contributed by atoms with van der Waals surface area (Å²) in [4.78, 5) is 39.0. The molecule has 0 saturated carbocycles. The molecular formula is C27H20ClFN2O6S. The molecular weight excluding hydrogens is 535 g/mol. The molecule has 1 N–H and O–H groups in total. The van der Waals surface area contributed by atoms with Gasteiger partial charge < -0.3 is 19.5 Å². The van der Waals surface area contributed by atoms with Crippen LogP contribution in [-0.4, -0.2) is 41.7 Å². The number of imide groups is 1. The van der Waals surface area contributed by atoms with Crippen molar-refractivity contribution in [2.75, 3.05) is 25.1 Å². The fourth-order valence-corrected chi connectivity index (χ4v) is 4.83. The summed E-state index contributed by atoms with van der Waals surface area (Å²) >= 11 is 6.79. The Hall–Kier alpha value is -4.02. The topological polar surface area (TPSA) is 94.2 Å². The van der Waals surface area contributed by atoms with E-state index in [-0.39, 0.29) is 22.1 Å². The van der Waals surface area contributed by atoms with E-state index < -0.39 is 29.4 Å². The fraction of sp³-hybridized carbons (Fsp3) is 0.148. The summed E-state index contributed by atoms with van der Waals surface area (Å²) in [6.45, 7) is 0.334. The van der Waals surface area contributed by atoms with Gasteiger partial charge in [-0.2, -0.15) is 0 Å². The average Bonchev–Trinajstić information content (AvgIpc) is 3.15. The van der Waals surface area contributed by atoms with Crippen LogP contribution in [0.25, 0.3) is 6.08 Å². The van der Waals surface area contributed by atoms with Crippen LogP contribution in [-0.2, 0) is 16.2 Å². The monoisotopic (exact) mass is 554 g/mol. The van der Waals surface area contributed by atoms with Crippen LogP contribution >= 0.6 is 23.4 Å². The molecule has 5 rings (SSSR count). The van der Waals surface area contributed by atoms with Crippen LogP contribution in [0.15, 0.2) is 65.6 Å². The van der Waals surface area contributed by atoms with Crippen molar-refractivity contribution in [1.29, 1.82) is 0 Å². The molecule has 2 heterocycles. The maximum atomic E-state index is 14.0. The standard InChI is InChI=1S/C27H20ClFN2O6S/c28-20-5-2-6-21(29)19(20)15-37-18-4-1-3-16(11-18)12-24-26(33)31(27(34)38-24)14-25(32)30-17-7-8-22-23(13-17)36-10-9-35-22/h1-8,11-13H,9-10,14-15H2,(H,30,32)/b24-12+. The van der Waals surface area contributed by atoms with Crippen molar-refractivity contribution in [2.45, 2.75) is 6.61 Å². The number of hydrogen-bond donors (Lipinski definition) is 1. The number of carbonyl (C=O) groups is 3. The fourth-order valence-electron chi connectivity index (χ4n) is 3.77. The van der Waals surface area contributed by atoms with Gasteiger partial charge >= 0.3 is 0 Å². The second kappa shape index (κ2) is 11.2. The highest BCUT2D eigenvalue weighted by molar-refractivity contribution is 8.18. The number of amides is 3. The molecule has 3 aromatic carbocycles. The molecule has 2 aliphatic heterocycles. The zero-order valence-corrected chi connectivity index (χ0v) is 21.3. The first kappa shape index (κ1) is 25.6. The molecule has 0 radical (unpaired) electrons. The maximum Gasteiger partial charge on any atom is 0.294 e. The number of ether oxygens (including phenoxy) is 3. The number of anilines is 1. The van der Waals surface area contributed by atoms with Crippen LogP contribution < -0.4 is 19.5 Å². The summed E-state index contributed by atoms with van der Waals surface area (Å²) in [5.74, 6) is -0.0761. The van der Waals surface area contributed by atoms with E-state index in [9.17, 15) is 18.8 Å². The van der Waals surface area contributed by atoms with Gasteiger partial charge in [0.1, 0.15) is 37.9 Å². The lowest BCUT2D eigenvalue weighted by atomic mass is 10.2. The van der Waals surface area contributed by atoms with Crippen LogP contribution in [0.3, 0.4) is 0 Å². The Morgan fingerprint density at radius 2 is 1.87 bits per heavy atom. The van der Waals surface area contributed by atoms with E-state index in [1.807, 2.05) is 0 Å². The van der Waals surface area contributed by atoms with Gasteiger partial charge in [-0.05, 0) is 59.8 Å². The Labute approximate surface area is 226 Å². The molecule has 3 amide bonds. The largest absolute Gasteiger partial charge is 0.489 e. The van der Waals surface area contributed by atoms with E-state index >= 15 is 0 Å². The molecule has 3 aromatic rings. The number of hydrogen-bond acceptors (Lipinski definition) is 7. The molecule has 0 spiro atoms. The lowest BCUT2D eigenvalue weighted by Crippen LogP contribution is -2.36. The van der Waals surface area contributed by atoms with Gasteiger partial charge in [-0.3, -0.25) is 19.3 Å². The SMILES string of the molecule is O=C(CN1C(=O)S/C(=C/c2cccc(OCc3c(F)cccc3Cl)c2)C1=O)Nc1ccc2c(c1)OCCO2. The third-order valence-corrected chi connectivity index (χ3v) is 6.86. The first-order chi connectivity index (χ1) is 18.4. The highest BCUT2D eigenvalue weighted by Crippen LogP contribution is 2.34. The lowest BCUT2D eigenvalue weighted by molar-refractivity contribution is -0.127. The summed E-state index contributed by atoms with van der Waals surface area (Å²) in [6.07, 6.45) is 1.53. The summed E-state index contributed by atoms with van der Waals surface area (Å²) in [5, 5.41) is 2.37. The molecule has 1 saturated heterocycles. The Balaban J connectivity index is 1.22. The maximum absolute atomic E-state index is 14.0. The van der Waals surface area contributed by atoms with Crippen molar-refractivity contribution in [1.82, 2.24) is 4.90 Å². The van der Waals surface area contributed by atoms with Crippen LogP contribution in [0.4, 0.5) is 14.9 Å². The van der Waals surface area contributed by atoms with Gasteiger partial charge in [-0.15, -0.1) is 0 Å². The Morgan fingerprint density at radius 1 is 1.08 bits per heavy atom. The molecule has 2 aliphatic rings. The van der Waals surface area contributed by atoms with E-state index in [4.69, 9.17) is 25.8 Å². The number of carbonyl (C=O) groups excluding carboxylic acids is 3. The summed E-state index contributed by atoms with van der Waals surface area (Å²) in [7, 11) is 0. The van der Waals surface area contributed by atoms with Gasteiger partial charge in [0.15, 0.2) is 11.5 Å². The van der Waals surface area contributed by atoms with Crippen LogP contribution in [0.5, 0.6) is 17.2 Å². The molecule has 194 valence electrons. The molecule has 8 nitrogen and oxygen atoms in total. The molecule has 0 aromatic heterocycles. The normalized spacial score (nSPS) is 15.6. The third kappa shape index (κ3) is 5.76. The second-order valence-corrected chi connectivity index (χ2v) is 9.64. The predicted molar refractivity (Wildman–Crippen MR) is 141 cm³/mol. The minimum atomic E-state index is -0.582. The van der Waals surface area contributed by atoms with Gasteiger partial charge in [0.2, 0.25) is 5.91 Å². The van der Waals surface area contributed by atoms with Gasteiger partial charge in [0.25, 0.3) is 11.1 Å². The average molecular weight is 555 g/mol. The van der Waals surface area contributed by atoms with E-state index in [0.29, 0.717) is 41.7 Å². The number of halogens is 2. The predicted octanol–water partition coefficient (Wildman–Crippen LogP) is 5.50. The lowest BCUT2D eigenvalue weighted by Gasteiger charge is -2.19. The van der Waals surface area contributed by atoms with Crippen LogP contribution in [0.2, 0.25) is 5.02 Å². The van der Waals surface area contributed by atoms with Crippen molar-refractivity contribution in [3.63, 3.8) is 0 Å². The molecule has 0 aliphatic carbocycles. The molecule has 0 unspecified atom stereocenters. The van der Waals surface area contributed by atoms with Crippen LogP contribution in [0, 0.1) is 5.82 Å². The van der Waals surface area contributed by atoms with Gasteiger partial charge in [0.05, 0.1) is 9.93 Å². The first-order valence-electron chi connectivity index (χ1n) is 11.5. The Kier molecular flexibility index (Phi) is 7.52. The van der Waals surface area contributed by atoms with Crippen LogP contribution in [0.1, 0.15) is 11.1 Å². The van der Waals surface area contributed by atoms with Gasteiger partial charge in [-0.25, -0.2) is 4.39 Å². The molecule has 11 heteroatoms. The smallest absolute Gasteiger partial charge is 0.294 e. The first-order valence-corrected chi connectivity index (χ1v) is 12.7. The molecule has 38 heavy (non-hydrogen) atoms. The van der Waals surface area contributed by atoms with Crippen molar-refractivity contribution in [2.24, 2.45) is 0 Å². The zero-order chi connectivity index (χ0) is 26.6. The Morgan fingerprint density at radius 3 is 2.68 bits per heavy atom. The molecule has 1 fully saturated rings. The van der Waals surface area contributed by atoms with Crippen molar-refractivity contribution < 1.29 is 33.0 Å². The van der Waals surface area contributed by atoms with Crippen molar-refractivity contribution in [3.8, 4) is 17.2 Å². The van der Waals surface area contributed by atoms with E-state index in [0.717, 1.165) is 16.7 Å². The second-order valence-electron chi connectivity index (χ2n) is 8.24. The number of thioether (sulfide) groups is 1. The third-order valence-electron chi connectivity index (χ3n) is 5.60. The summed E-state index contributed by atoms with van der Waals surface area (Å²) in [6, 6.07) is 16.1. The van der Waals surface area contributed by atoms with Gasteiger partial charge in [-0.1, -0.05) is 29.8 Å². The van der Waals surface area contributed by atoms with E-state index in [2.05, 4.69) is 5.32 Å². The summed E-state index contributed by atoms with van der Waals surface area (Å²) < 4.78 is 30.6. The molecule has 0 bridgehead atoms. The summed E-state index contributed by atoms with van der Waals surface area (Å²) in [5.41, 5.74) is 1.28.